The highest BCUT2D eigenvalue weighted by Crippen LogP contribution is 2.23. The highest BCUT2D eigenvalue weighted by molar-refractivity contribution is 6.35. The molecule has 2 nitrogen and oxygen atoms in total. The van der Waals surface area contributed by atoms with Crippen molar-refractivity contribution in [2.45, 2.75) is 12.5 Å². The maximum atomic E-state index is 11.6. The van der Waals surface area contributed by atoms with E-state index in [-0.39, 0.29) is 11.5 Å². The summed E-state index contributed by atoms with van der Waals surface area (Å²) in [6, 6.07) is 20.4. The molecule has 102 valence electrons. The molecule has 0 aliphatic heterocycles. The van der Waals surface area contributed by atoms with Gasteiger partial charge in [-0.25, -0.2) is 4.79 Å². The summed E-state index contributed by atoms with van der Waals surface area (Å²) in [5.41, 5.74) is 3.03. The van der Waals surface area contributed by atoms with E-state index in [4.69, 9.17) is 4.43 Å². The SMILES string of the molecule is C=C(C)C(=O)O[SiH2]C(c1ccccc1)c1ccccc1. The third kappa shape index (κ3) is 3.68. The Morgan fingerprint density at radius 2 is 1.45 bits per heavy atom. The van der Waals surface area contributed by atoms with Gasteiger partial charge in [-0.05, 0) is 18.1 Å². The molecule has 0 aliphatic rings. The van der Waals surface area contributed by atoms with Gasteiger partial charge in [0.15, 0.2) is 0 Å². The van der Waals surface area contributed by atoms with Crippen molar-refractivity contribution >= 4 is 15.7 Å². The van der Waals surface area contributed by atoms with E-state index in [1.807, 2.05) is 36.4 Å². The predicted octanol–water partition coefficient (Wildman–Crippen LogP) is 2.98. The first-order valence-electron chi connectivity index (χ1n) is 6.61. The Kier molecular flexibility index (Phi) is 4.90. The largest absolute Gasteiger partial charge is 0.521 e. The van der Waals surface area contributed by atoms with Crippen LogP contribution in [0.2, 0.25) is 0 Å². The average Bonchev–Trinajstić information content (AvgIpc) is 2.49. The second-order valence-electron chi connectivity index (χ2n) is 4.75. The predicted molar refractivity (Wildman–Crippen MR) is 84.2 cm³/mol. The molecule has 0 amide bonds. The number of hydrogen-bond donors (Lipinski definition) is 0. The minimum atomic E-state index is -1.07. The van der Waals surface area contributed by atoms with E-state index in [9.17, 15) is 4.79 Å². The van der Waals surface area contributed by atoms with E-state index in [0.29, 0.717) is 5.57 Å². The Bertz CT molecular complexity index is 539. The number of hydrogen-bond acceptors (Lipinski definition) is 2. The van der Waals surface area contributed by atoms with Crippen LogP contribution in [0.3, 0.4) is 0 Å². The maximum absolute atomic E-state index is 11.6. The van der Waals surface area contributed by atoms with E-state index >= 15 is 0 Å². The summed E-state index contributed by atoms with van der Waals surface area (Å²) in [6.45, 7) is 5.30. The van der Waals surface area contributed by atoms with Gasteiger partial charge in [-0.2, -0.15) is 0 Å². The molecule has 0 atom stereocenters. The molecule has 20 heavy (non-hydrogen) atoms. The fraction of sp³-hybridized carbons (Fsp3) is 0.118. The Labute approximate surface area is 122 Å². The molecule has 0 radical (unpaired) electrons. The van der Waals surface area contributed by atoms with Crippen LogP contribution in [0, 0.1) is 0 Å². The molecule has 0 heterocycles. The van der Waals surface area contributed by atoms with Crippen LogP contribution in [-0.2, 0) is 9.22 Å². The molecule has 0 N–H and O–H groups in total. The van der Waals surface area contributed by atoms with E-state index in [0.717, 1.165) is 0 Å². The van der Waals surface area contributed by atoms with Gasteiger partial charge < -0.3 is 4.43 Å². The van der Waals surface area contributed by atoms with Crippen LogP contribution in [-0.4, -0.2) is 15.7 Å². The van der Waals surface area contributed by atoms with Crippen molar-refractivity contribution in [3.63, 3.8) is 0 Å². The van der Waals surface area contributed by atoms with Gasteiger partial charge >= 0.3 is 5.97 Å². The molecule has 0 aromatic heterocycles. The van der Waals surface area contributed by atoms with Crippen LogP contribution in [0.5, 0.6) is 0 Å². The van der Waals surface area contributed by atoms with Crippen LogP contribution in [0.1, 0.15) is 23.6 Å². The Morgan fingerprint density at radius 3 is 1.85 bits per heavy atom. The molecular weight excluding hydrogens is 264 g/mol. The van der Waals surface area contributed by atoms with Crippen molar-refractivity contribution in [2.75, 3.05) is 0 Å². The Morgan fingerprint density at radius 1 is 1.00 bits per heavy atom. The highest BCUT2D eigenvalue weighted by atomic mass is 28.2. The lowest BCUT2D eigenvalue weighted by atomic mass is 10.0. The fourth-order valence-corrected chi connectivity index (χ4v) is 3.53. The van der Waals surface area contributed by atoms with Gasteiger partial charge in [-0.1, -0.05) is 67.2 Å². The maximum Gasteiger partial charge on any atom is 0.319 e. The van der Waals surface area contributed by atoms with Gasteiger partial charge in [-0.3, -0.25) is 0 Å². The molecule has 0 unspecified atom stereocenters. The molecule has 0 bridgehead atoms. The summed E-state index contributed by atoms with van der Waals surface area (Å²) in [5.74, 6) is -0.284. The lowest BCUT2D eigenvalue weighted by Gasteiger charge is -2.17. The second-order valence-corrected chi connectivity index (χ2v) is 6.19. The molecule has 2 rings (SSSR count). The smallest absolute Gasteiger partial charge is 0.319 e. The highest BCUT2D eigenvalue weighted by Gasteiger charge is 2.17. The van der Waals surface area contributed by atoms with Crippen molar-refractivity contribution in [3.05, 3.63) is 83.9 Å². The number of rotatable bonds is 5. The van der Waals surface area contributed by atoms with E-state index in [2.05, 4.69) is 30.8 Å². The molecule has 2 aromatic rings. The van der Waals surface area contributed by atoms with Gasteiger partial charge in [0.1, 0.15) is 0 Å². The Hall–Kier alpha value is -2.13. The fourth-order valence-electron chi connectivity index (χ4n) is 2.04. The third-order valence-electron chi connectivity index (χ3n) is 3.13. The summed E-state index contributed by atoms with van der Waals surface area (Å²) in [7, 11) is -1.07. The normalized spacial score (nSPS) is 10.9. The van der Waals surface area contributed by atoms with Crippen molar-refractivity contribution < 1.29 is 9.22 Å². The summed E-state index contributed by atoms with van der Waals surface area (Å²) < 4.78 is 5.47. The van der Waals surface area contributed by atoms with Gasteiger partial charge in [-0.15, -0.1) is 0 Å². The molecule has 0 aliphatic carbocycles. The van der Waals surface area contributed by atoms with Crippen molar-refractivity contribution in [1.82, 2.24) is 0 Å². The number of benzene rings is 2. The molecule has 0 spiro atoms. The number of carbonyl (C=O) groups excluding carboxylic acids is 1. The van der Waals surface area contributed by atoms with Gasteiger partial charge in [0, 0.05) is 11.1 Å². The minimum Gasteiger partial charge on any atom is -0.521 e. The summed E-state index contributed by atoms with van der Waals surface area (Å²) >= 11 is 0. The van der Waals surface area contributed by atoms with Gasteiger partial charge in [0.2, 0.25) is 9.76 Å². The summed E-state index contributed by atoms with van der Waals surface area (Å²) in [6.07, 6.45) is 0. The van der Waals surface area contributed by atoms with E-state index < -0.39 is 9.76 Å². The topological polar surface area (TPSA) is 26.3 Å². The lowest BCUT2D eigenvalue weighted by Crippen LogP contribution is -2.18. The third-order valence-corrected chi connectivity index (χ3v) is 4.84. The van der Waals surface area contributed by atoms with Crippen LogP contribution in [0.15, 0.2) is 72.8 Å². The molecule has 0 saturated carbocycles. The monoisotopic (exact) mass is 282 g/mol. The zero-order valence-electron chi connectivity index (χ0n) is 11.6. The lowest BCUT2D eigenvalue weighted by molar-refractivity contribution is -0.130. The zero-order chi connectivity index (χ0) is 14.4. The Balaban J connectivity index is 2.22. The first-order chi connectivity index (χ1) is 9.68. The van der Waals surface area contributed by atoms with Crippen LogP contribution in [0.25, 0.3) is 0 Å². The molecule has 2 aromatic carbocycles. The first kappa shape index (κ1) is 14.3. The number of carbonyl (C=O) groups is 1. The molecular formula is C17H18O2Si. The molecule has 3 heteroatoms. The quantitative estimate of drug-likeness (QED) is 0.622. The zero-order valence-corrected chi connectivity index (χ0v) is 13.0. The van der Waals surface area contributed by atoms with Gasteiger partial charge in [0.05, 0.1) is 0 Å². The van der Waals surface area contributed by atoms with Crippen LogP contribution < -0.4 is 0 Å². The van der Waals surface area contributed by atoms with Crippen LogP contribution >= 0.6 is 0 Å². The minimum absolute atomic E-state index is 0.181. The second kappa shape index (κ2) is 6.87. The van der Waals surface area contributed by atoms with Crippen molar-refractivity contribution in [2.24, 2.45) is 0 Å². The summed E-state index contributed by atoms with van der Waals surface area (Å²) in [4.78, 5) is 11.6. The first-order valence-corrected chi connectivity index (χ1v) is 8.00. The molecule has 0 fully saturated rings. The van der Waals surface area contributed by atoms with E-state index in [1.165, 1.54) is 11.1 Å². The molecule has 0 saturated heterocycles. The van der Waals surface area contributed by atoms with Crippen molar-refractivity contribution in [1.29, 1.82) is 0 Å². The van der Waals surface area contributed by atoms with E-state index in [1.54, 1.807) is 6.92 Å². The van der Waals surface area contributed by atoms with Crippen LogP contribution in [0.4, 0.5) is 0 Å². The standard InChI is InChI=1S/C17H18O2Si/c1-13(2)17(18)19-20-16(14-9-5-3-6-10-14)15-11-7-4-8-12-15/h3-12,16H,1,20H2,2H3. The van der Waals surface area contributed by atoms with Crippen molar-refractivity contribution in [3.8, 4) is 0 Å². The van der Waals surface area contributed by atoms with Gasteiger partial charge in [0.25, 0.3) is 0 Å². The summed E-state index contributed by atoms with van der Waals surface area (Å²) in [5, 5.41) is 0. The average molecular weight is 282 g/mol.